The Kier molecular flexibility index (Phi) is 5.19. The largest absolute Gasteiger partial charge is 0.481 e. The van der Waals surface area contributed by atoms with Crippen molar-refractivity contribution in [3.63, 3.8) is 0 Å². The first kappa shape index (κ1) is 14.8. The van der Waals surface area contributed by atoms with Gasteiger partial charge in [0.1, 0.15) is 0 Å². The number of aliphatic carboxylic acids is 1. The summed E-state index contributed by atoms with van der Waals surface area (Å²) in [6.45, 7) is 7.29. The van der Waals surface area contributed by atoms with Crippen LogP contribution in [0.5, 0.6) is 0 Å². The lowest BCUT2D eigenvalue weighted by Crippen LogP contribution is -2.28. The van der Waals surface area contributed by atoms with Gasteiger partial charge in [-0.1, -0.05) is 0 Å². The van der Waals surface area contributed by atoms with Crippen molar-refractivity contribution in [2.24, 2.45) is 5.92 Å². The van der Waals surface area contributed by atoms with Crippen LogP contribution < -0.4 is 0 Å². The molecule has 0 aromatic heterocycles. The first-order valence-corrected chi connectivity index (χ1v) is 7.27. The van der Waals surface area contributed by atoms with E-state index in [2.05, 4.69) is 18.7 Å². The summed E-state index contributed by atoms with van der Waals surface area (Å²) in [5, 5.41) is 8.65. The second-order valence-electron chi connectivity index (χ2n) is 5.93. The molecule has 3 unspecified atom stereocenters. The van der Waals surface area contributed by atoms with Gasteiger partial charge in [-0.3, -0.25) is 4.79 Å². The average molecular weight is 271 g/mol. The predicted molar refractivity (Wildman–Crippen MR) is 70.9 cm³/mol. The summed E-state index contributed by atoms with van der Waals surface area (Å²) in [5.41, 5.74) is 0. The molecule has 1 N–H and O–H groups in total. The van der Waals surface area contributed by atoms with E-state index >= 15 is 0 Å². The predicted octanol–water partition coefficient (Wildman–Crippen LogP) is 1.71. The van der Waals surface area contributed by atoms with Crippen molar-refractivity contribution in [2.75, 3.05) is 19.7 Å². The number of likely N-dealkylation sites (tertiary alicyclic amines) is 1. The molecule has 2 aliphatic rings. The van der Waals surface area contributed by atoms with Crippen LogP contribution in [0.3, 0.4) is 0 Å². The zero-order valence-corrected chi connectivity index (χ0v) is 11.9. The summed E-state index contributed by atoms with van der Waals surface area (Å²) in [5.74, 6) is -0.124. The second-order valence-corrected chi connectivity index (χ2v) is 5.93. The Morgan fingerprint density at radius 1 is 1.47 bits per heavy atom. The number of carboxylic acid groups (broad SMARTS) is 1. The third-order valence-electron chi connectivity index (χ3n) is 4.07. The van der Waals surface area contributed by atoms with Gasteiger partial charge in [0.2, 0.25) is 0 Å². The molecule has 0 aromatic rings. The number of carboxylic acids is 1. The van der Waals surface area contributed by atoms with Crippen LogP contribution in [0.2, 0.25) is 0 Å². The van der Waals surface area contributed by atoms with Gasteiger partial charge in [0.05, 0.1) is 12.7 Å². The molecule has 0 radical (unpaired) electrons. The highest BCUT2D eigenvalue weighted by atomic mass is 16.7. The number of hydrogen-bond acceptors (Lipinski definition) is 4. The van der Waals surface area contributed by atoms with E-state index in [4.69, 9.17) is 14.6 Å². The first-order chi connectivity index (χ1) is 9.04. The minimum atomic E-state index is -0.768. The molecule has 2 rings (SSSR count). The van der Waals surface area contributed by atoms with E-state index in [1.54, 1.807) is 0 Å². The molecule has 5 heteroatoms. The van der Waals surface area contributed by atoms with Gasteiger partial charge in [-0.2, -0.15) is 0 Å². The molecule has 2 fully saturated rings. The summed E-state index contributed by atoms with van der Waals surface area (Å²) < 4.78 is 11.4. The smallest absolute Gasteiger partial charge is 0.303 e. The fourth-order valence-corrected chi connectivity index (χ4v) is 2.86. The van der Waals surface area contributed by atoms with Gasteiger partial charge in [-0.05, 0) is 39.2 Å². The maximum absolute atomic E-state index is 10.5. The fraction of sp³-hybridized carbons (Fsp3) is 0.929. The van der Waals surface area contributed by atoms with E-state index in [1.165, 1.54) is 6.42 Å². The van der Waals surface area contributed by atoms with Gasteiger partial charge in [-0.15, -0.1) is 0 Å². The third kappa shape index (κ3) is 4.44. The molecule has 0 bridgehead atoms. The van der Waals surface area contributed by atoms with Crippen LogP contribution in [-0.4, -0.2) is 54.1 Å². The van der Waals surface area contributed by atoms with Gasteiger partial charge in [-0.25, -0.2) is 0 Å². The van der Waals surface area contributed by atoms with E-state index in [9.17, 15) is 4.79 Å². The summed E-state index contributed by atoms with van der Waals surface area (Å²) >= 11 is 0. The van der Waals surface area contributed by atoms with Crippen LogP contribution in [0.15, 0.2) is 0 Å². The molecular formula is C14H25NO4. The maximum Gasteiger partial charge on any atom is 0.303 e. The second kappa shape index (κ2) is 6.68. The quantitative estimate of drug-likeness (QED) is 0.797. The molecule has 2 heterocycles. The Morgan fingerprint density at radius 3 is 2.89 bits per heavy atom. The standard InChI is InChI=1S/C14H25NO4/c1-10(2)15-6-5-11(8-15)7-14-18-9-12(19-14)3-4-13(16)17/h10-12,14H,3-9H2,1-2H3,(H,16,17). The van der Waals surface area contributed by atoms with Crippen molar-refractivity contribution < 1.29 is 19.4 Å². The normalized spacial score (nSPS) is 32.3. The lowest BCUT2D eigenvalue weighted by molar-refractivity contribution is -0.138. The molecular weight excluding hydrogens is 246 g/mol. The molecule has 0 aliphatic carbocycles. The van der Waals surface area contributed by atoms with E-state index in [0.717, 1.165) is 19.5 Å². The zero-order valence-electron chi connectivity index (χ0n) is 11.9. The highest BCUT2D eigenvalue weighted by molar-refractivity contribution is 5.66. The molecule has 3 atom stereocenters. The maximum atomic E-state index is 10.5. The summed E-state index contributed by atoms with van der Waals surface area (Å²) in [7, 11) is 0. The molecule has 2 aliphatic heterocycles. The Hall–Kier alpha value is -0.650. The van der Waals surface area contributed by atoms with Gasteiger partial charge in [0.25, 0.3) is 0 Å². The molecule has 110 valence electrons. The molecule has 19 heavy (non-hydrogen) atoms. The minimum absolute atomic E-state index is 0.0382. The molecule has 2 saturated heterocycles. The van der Waals surface area contributed by atoms with Crippen LogP contribution >= 0.6 is 0 Å². The SMILES string of the molecule is CC(C)N1CCC(CC2OCC(CCC(=O)O)O2)C1. The summed E-state index contributed by atoms with van der Waals surface area (Å²) in [6.07, 6.45) is 2.69. The van der Waals surface area contributed by atoms with Crippen LogP contribution in [-0.2, 0) is 14.3 Å². The Balaban J connectivity index is 1.67. The Morgan fingerprint density at radius 2 is 2.26 bits per heavy atom. The van der Waals surface area contributed by atoms with Crippen molar-refractivity contribution in [1.29, 1.82) is 0 Å². The fourth-order valence-electron chi connectivity index (χ4n) is 2.86. The highest BCUT2D eigenvalue weighted by Crippen LogP contribution is 2.27. The summed E-state index contributed by atoms with van der Waals surface area (Å²) in [6, 6.07) is 0.610. The van der Waals surface area contributed by atoms with E-state index in [1.807, 2.05) is 0 Å². The Labute approximate surface area is 114 Å². The lowest BCUT2D eigenvalue weighted by Gasteiger charge is -2.21. The molecule has 0 aromatic carbocycles. The number of nitrogens with zero attached hydrogens (tertiary/aromatic N) is 1. The van der Waals surface area contributed by atoms with Crippen molar-refractivity contribution in [1.82, 2.24) is 4.90 Å². The molecule has 0 amide bonds. The number of ether oxygens (including phenoxy) is 2. The topological polar surface area (TPSA) is 59.0 Å². The zero-order chi connectivity index (χ0) is 13.8. The number of carbonyl (C=O) groups is 1. The first-order valence-electron chi connectivity index (χ1n) is 7.27. The van der Waals surface area contributed by atoms with Gasteiger partial charge < -0.3 is 19.5 Å². The third-order valence-corrected chi connectivity index (χ3v) is 4.07. The summed E-state index contributed by atoms with van der Waals surface area (Å²) in [4.78, 5) is 13.0. The number of rotatable bonds is 6. The van der Waals surface area contributed by atoms with Crippen molar-refractivity contribution in [3.05, 3.63) is 0 Å². The minimum Gasteiger partial charge on any atom is -0.481 e. The average Bonchev–Trinajstić information content (AvgIpc) is 2.96. The highest BCUT2D eigenvalue weighted by Gasteiger charge is 2.32. The molecule has 0 saturated carbocycles. The monoisotopic (exact) mass is 271 g/mol. The van der Waals surface area contributed by atoms with Crippen molar-refractivity contribution in [3.8, 4) is 0 Å². The molecule has 0 spiro atoms. The number of hydrogen-bond donors (Lipinski definition) is 1. The van der Waals surface area contributed by atoms with Crippen LogP contribution in [0.25, 0.3) is 0 Å². The van der Waals surface area contributed by atoms with Gasteiger partial charge >= 0.3 is 5.97 Å². The van der Waals surface area contributed by atoms with E-state index < -0.39 is 5.97 Å². The van der Waals surface area contributed by atoms with Crippen LogP contribution in [0.4, 0.5) is 0 Å². The van der Waals surface area contributed by atoms with Gasteiger partial charge in [0, 0.05) is 25.4 Å². The van der Waals surface area contributed by atoms with Crippen molar-refractivity contribution in [2.45, 2.75) is 58.0 Å². The van der Waals surface area contributed by atoms with Gasteiger partial charge in [0.15, 0.2) is 6.29 Å². The van der Waals surface area contributed by atoms with E-state index in [0.29, 0.717) is 25.0 Å². The molecule has 5 nitrogen and oxygen atoms in total. The Bertz CT molecular complexity index is 308. The van der Waals surface area contributed by atoms with Crippen LogP contribution in [0, 0.1) is 5.92 Å². The van der Waals surface area contributed by atoms with Crippen molar-refractivity contribution >= 4 is 5.97 Å². The lowest BCUT2D eigenvalue weighted by atomic mass is 10.1. The van der Waals surface area contributed by atoms with E-state index in [-0.39, 0.29) is 18.8 Å². The van der Waals surface area contributed by atoms with Crippen LogP contribution in [0.1, 0.15) is 39.5 Å².